The van der Waals surface area contributed by atoms with Crippen LogP contribution in [0.3, 0.4) is 0 Å². The van der Waals surface area contributed by atoms with Crippen LogP contribution in [0.5, 0.6) is 0 Å². The third kappa shape index (κ3) is 3.04. The van der Waals surface area contributed by atoms with Crippen molar-refractivity contribution in [2.24, 2.45) is 0 Å². The lowest BCUT2D eigenvalue weighted by Crippen LogP contribution is -2.33. The molecule has 0 aliphatic heterocycles. The Labute approximate surface area is 165 Å². The number of para-hydroxylation sites is 3. The summed E-state index contributed by atoms with van der Waals surface area (Å²) in [6.45, 7) is 1.60. The molecule has 0 aliphatic rings. The molecule has 0 bridgehead atoms. The van der Waals surface area contributed by atoms with Crippen molar-refractivity contribution in [3.63, 3.8) is 0 Å². The molecule has 4 aromatic rings. The van der Waals surface area contributed by atoms with E-state index in [1.54, 1.807) is 6.92 Å². The first-order valence-electron chi connectivity index (χ1n) is 9.40. The van der Waals surface area contributed by atoms with E-state index in [4.69, 9.17) is 0 Å². The molecule has 0 spiro atoms. The topological polar surface area (TPSA) is 17.1 Å². The second-order valence-corrected chi connectivity index (χ2v) is 6.78. The first kappa shape index (κ1) is 17.9. The lowest BCUT2D eigenvalue weighted by Gasteiger charge is -2.37. The minimum atomic E-state index is 0.0729. The zero-order valence-electron chi connectivity index (χ0n) is 15.8. The molecule has 0 aliphatic carbocycles. The lowest BCUT2D eigenvalue weighted by molar-refractivity contribution is 0.101. The highest BCUT2D eigenvalue weighted by Gasteiger charge is 2.38. The molecule has 0 atom stereocenters. The molecular weight excluding hydrogens is 342 g/mol. The minimum absolute atomic E-state index is 0.0729. The number of nitrogens with zero attached hydrogens (tertiary/aromatic N) is 1. The fraction of sp³-hybridized carbons (Fsp3) is 0.0385. The van der Waals surface area contributed by atoms with Gasteiger partial charge in [0.15, 0.2) is 5.78 Å². The lowest BCUT2D eigenvalue weighted by atomic mass is 10.0. The molecule has 136 valence electrons. The number of hydrogen-bond acceptors (Lipinski definition) is 1. The van der Waals surface area contributed by atoms with Gasteiger partial charge in [0.25, 0.3) is 0 Å². The number of Topliss-reactive ketones (excluding diaryl/α,β-unsaturated/α-hetero) is 1. The Morgan fingerprint density at radius 3 is 1.14 bits per heavy atom. The molecule has 2 nitrogen and oxygen atoms in total. The maximum absolute atomic E-state index is 11.8. The molecule has 0 aromatic heterocycles. The molecule has 4 rings (SSSR count). The Bertz CT molecular complexity index is 959. The Morgan fingerprint density at radius 1 is 0.500 bits per heavy atom. The van der Waals surface area contributed by atoms with E-state index in [1.165, 1.54) is 0 Å². The molecule has 28 heavy (non-hydrogen) atoms. The summed E-state index contributed by atoms with van der Waals surface area (Å²) in [5.41, 5.74) is 5.20. The van der Waals surface area contributed by atoms with Gasteiger partial charge in [0.05, 0.1) is 0 Å². The molecule has 0 saturated heterocycles. The van der Waals surface area contributed by atoms with Gasteiger partial charge in [-0.3, -0.25) is 4.79 Å². The number of rotatable bonds is 5. The van der Waals surface area contributed by atoms with E-state index in [2.05, 4.69) is 84.9 Å². The molecule has 0 fully saturated rings. The van der Waals surface area contributed by atoms with Crippen LogP contribution in [-0.2, 0) is 0 Å². The van der Waals surface area contributed by atoms with Crippen molar-refractivity contribution >= 4 is 28.5 Å². The zero-order valence-corrected chi connectivity index (χ0v) is 15.8. The van der Waals surface area contributed by atoms with Crippen molar-refractivity contribution in [3.05, 3.63) is 121 Å². The van der Waals surface area contributed by atoms with E-state index in [0.29, 0.717) is 4.48 Å². The number of carbonyl (C=O) groups is 1. The summed E-state index contributed by atoms with van der Waals surface area (Å²) in [6, 6.07) is 39.4. The van der Waals surface area contributed by atoms with Gasteiger partial charge >= 0.3 is 0 Å². The molecule has 0 saturated carbocycles. The summed E-state index contributed by atoms with van der Waals surface area (Å²) in [7, 11) is 0. The van der Waals surface area contributed by atoms with Gasteiger partial charge in [0.1, 0.15) is 22.7 Å². The van der Waals surface area contributed by atoms with Gasteiger partial charge in [-0.05, 0) is 19.1 Å². The second kappa shape index (κ2) is 7.63. The third-order valence-corrected chi connectivity index (χ3v) is 5.09. The highest BCUT2D eigenvalue weighted by atomic mass is 16.1. The van der Waals surface area contributed by atoms with Gasteiger partial charge in [0.2, 0.25) is 0 Å². The Balaban J connectivity index is 2.08. The van der Waals surface area contributed by atoms with Crippen LogP contribution in [0.4, 0.5) is 22.7 Å². The van der Waals surface area contributed by atoms with Gasteiger partial charge in [-0.15, -0.1) is 0 Å². The first-order chi connectivity index (χ1) is 13.7. The summed E-state index contributed by atoms with van der Waals surface area (Å²) in [5, 5.41) is 0. The summed E-state index contributed by atoms with van der Waals surface area (Å²) in [4.78, 5) is 11.8. The highest BCUT2D eigenvalue weighted by Crippen LogP contribution is 2.50. The molecule has 2 heteroatoms. The van der Waals surface area contributed by atoms with Crippen LogP contribution in [0.25, 0.3) is 0 Å². The van der Waals surface area contributed by atoms with Crippen molar-refractivity contribution in [1.29, 1.82) is 0 Å². The van der Waals surface area contributed by atoms with Crippen molar-refractivity contribution in [3.8, 4) is 0 Å². The molecule has 4 aromatic carbocycles. The van der Waals surface area contributed by atoms with E-state index in [0.717, 1.165) is 28.3 Å². The maximum Gasteiger partial charge on any atom is 0.159 e. The summed E-state index contributed by atoms with van der Waals surface area (Å²) < 4.78 is 0.445. The fourth-order valence-electron chi connectivity index (χ4n) is 3.77. The van der Waals surface area contributed by atoms with Gasteiger partial charge in [-0.2, -0.15) is 4.48 Å². The van der Waals surface area contributed by atoms with E-state index in [1.807, 2.05) is 30.3 Å². The third-order valence-electron chi connectivity index (χ3n) is 5.09. The van der Waals surface area contributed by atoms with Crippen LogP contribution in [0, 0.1) is 0 Å². The first-order valence-corrected chi connectivity index (χ1v) is 9.40. The van der Waals surface area contributed by atoms with E-state index in [9.17, 15) is 4.79 Å². The highest BCUT2D eigenvalue weighted by molar-refractivity contribution is 5.94. The fourth-order valence-corrected chi connectivity index (χ4v) is 3.77. The predicted molar refractivity (Wildman–Crippen MR) is 117 cm³/mol. The number of carbonyl (C=O) groups excluding carboxylic acids is 1. The van der Waals surface area contributed by atoms with Gasteiger partial charge in [0, 0.05) is 54.1 Å². The maximum atomic E-state index is 11.8. The number of quaternary nitrogens is 1. The van der Waals surface area contributed by atoms with E-state index < -0.39 is 0 Å². The Kier molecular flexibility index (Phi) is 4.88. The summed E-state index contributed by atoms with van der Waals surface area (Å²) in [5.74, 6) is 0.0729. The van der Waals surface area contributed by atoms with Crippen LogP contribution in [0.1, 0.15) is 17.3 Å². The second-order valence-electron chi connectivity index (χ2n) is 6.78. The van der Waals surface area contributed by atoms with Crippen LogP contribution >= 0.6 is 0 Å². The van der Waals surface area contributed by atoms with Crippen LogP contribution in [0.2, 0.25) is 0 Å². The minimum Gasteiger partial charge on any atom is -0.295 e. The van der Waals surface area contributed by atoms with Crippen LogP contribution in [-0.4, -0.2) is 5.78 Å². The van der Waals surface area contributed by atoms with Gasteiger partial charge in [-0.25, -0.2) is 0 Å². The predicted octanol–water partition coefficient (Wildman–Crippen LogP) is 7.19. The summed E-state index contributed by atoms with van der Waals surface area (Å²) >= 11 is 0. The molecule has 0 unspecified atom stereocenters. The van der Waals surface area contributed by atoms with Gasteiger partial charge in [-0.1, -0.05) is 54.6 Å². The number of hydrogen-bond donors (Lipinski definition) is 0. The molecule has 0 amide bonds. The largest absolute Gasteiger partial charge is 0.295 e. The Morgan fingerprint density at radius 2 is 0.821 bits per heavy atom. The number of benzene rings is 4. The van der Waals surface area contributed by atoms with Crippen LogP contribution in [0.15, 0.2) is 115 Å². The summed E-state index contributed by atoms with van der Waals surface area (Å²) in [6.07, 6.45) is 0. The van der Waals surface area contributed by atoms with Crippen molar-refractivity contribution in [2.45, 2.75) is 6.92 Å². The van der Waals surface area contributed by atoms with E-state index in [-0.39, 0.29) is 5.78 Å². The average Bonchev–Trinajstić information content (AvgIpc) is 2.77. The SMILES string of the molecule is CC(=O)c1ccc([N+](c2ccccc2)(c2ccccc2)c2ccccc2)cc1. The monoisotopic (exact) mass is 364 g/mol. The molecule has 0 radical (unpaired) electrons. The van der Waals surface area contributed by atoms with Crippen molar-refractivity contribution in [1.82, 2.24) is 4.48 Å². The van der Waals surface area contributed by atoms with Crippen molar-refractivity contribution in [2.75, 3.05) is 0 Å². The zero-order chi connectivity index (χ0) is 19.4. The normalized spacial score (nSPS) is 11.2. The smallest absolute Gasteiger partial charge is 0.159 e. The van der Waals surface area contributed by atoms with Crippen LogP contribution < -0.4 is 4.48 Å². The van der Waals surface area contributed by atoms with E-state index >= 15 is 0 Å². The molecular formula is C26H22NO+. The molecule has 0 N–H and O–H groups in total. The average molecular weight is 364 g/mol. The van der Waals surface area contributed by atoms with Gasteiger partial charge < -0.3 is 0 Å². The Hall–Kier alpha value is -3.49. The standard InChI is InChI=1S/C26H22NO/c1-21(28)22-17-19-26(20-18-22)27(23-11-5-2-6-12-23,24-13-7-3-8-14-24)25-15-9-4-10-16-25/h2-20H,1H3/q+1. The molecule has 0 heterocycles. The quantitative estimate of drug-likeness (QED) is 0.270. The van der Waals surface area contributed by atoms with Crippen molar-refractivity contribution < 1.29 is 4.79 Å². The number of ketones is 1.